The average molecular weight is 521 g/mol. The number of benzene rings is 1. The van der Waals surface area contributed by atoms with Gasteiger partial charge in [-0.1, -0.05) is 30.3 Å². The van der Waals surface area contributed by atoms with Gasteiger partial charge in [-0.2, -0.15) is 18.3 Å². The maximum absolute atomic E-state index is 13.8. The number of hydrogen-bond acceptors (Lipinski definition) is 4. The standard InChI is InChI=1S/C25H27F3N4O3S/c26-25(27,28)23-22(24(33)30-11-4-5-12-30)21-16-20(10-15-32(21)29-23)19-8-13-31(14-9-19)36(34,35)17-18-6-2-1-3-7-18/h1-3,6-7,10,15-16,19H,4-5,8-9,11-14,17H2. The third-order valence-corrected chi connectivity index (χ3v) is 8.90. The van der Waals surface area contributed by atoms with Crippen LogP contribution in [0, 0.1) is 0 Å². The molecule has 0 bridgehead atoms. The molecule has 0 N–H and O–H groups in total. The number of hydrogen-bond donors (Lipinski definition) is 0. The van der Waals surface area contributed by atoms with Crippen molar-refractivity contribution in [1.29, 1.82) is 0 Å². The van der Waals surface area contributed by atoms with Gasteiger partial charge < -0.3 is 4.90 Å². The van der Waals surface area contributed by atoms with Crippen molar-refractivity contribution < 1.29 is 26.4 Å². The Morgan fingerprint density at radius 2 is 1.67 bits per heavy atom. The second-order valence-corrected chi connectivity index (χ2v) is 11.4. The topological polar surface area (TPSA) is 75.0 Å². The Hall–Kier alpha value is -2.92. The zero-order chi connectivity index (χ0) is 25.5. The summed E-state index contributed by atoms with van der Waals surface area (Å²) in [4.78, 5) is 14.5. The molecule has 0 radical (unpaired) electrons. The van der Waals surface area contributed by atoms with Gasteiger partial charge in [0.2, 0.25) is 10.0 Å². The zero-order valence-corrected chi connectivity index (χ0v) is 20.4. The van der Waals surface area contributed by atoms with Gasteiger partial charge in [-0.25, -0.2) is 17.2 Å². The van der Waals surface area contributed by atoms with E-state index in [1.54, 1.807) is 36.4 Å². The first-order valence-corrected chi connectivity index (χ1v) is 13.6. The Balaban J connectivity index is 1.38. The molecular formula is C25H27F3N4O3S. The van der Waals surface area contributed by atoms with Crippen molar-refractivity contribution >= 4 is 21.4 Å². The van der Waals surface area contributed by atoms with Crippen LogP contribution >= 0.6 is 0 Å². The minimum Gasteiger partial charge on any atom is -0.339 e. The second kappa shape index (κ2) is 9.51. The van der Waals surface area contributed by atoms with Gasteiger partial charge in [-0.15, -0.1) is 0 Å². The lowest BCUT2D eigenvalue weighted by molar-refractivity contribution is -0.141. The molecule has 4 heterocycles. The normalized spacial score (nSPS) is 18.2. The monoisotopic (exact) mass is 520 g/mol. The van der Waals surface area contributed by atoms with Gasteiger partial charge in [0.25, 0.3) is 5.91 Å². The van der Waals surface area contributed by atoms with Gasteiger partial charge >= 0.3 is 6.18 Å². The van der Waals surface area contributed by atoms with Crippen LogP contribution in [0.25, 0.3) is 5.52 Å². The van der Waals surface area contributed by atoms with E-state index in [0.717, 1.165) is 28.5 Å². The summed E-state index contributed by atoms with van der Waals surface area (Å²) in [5, 5.41) is 3.70. The first kappa shape index (κ1) is 24.8. The highest BCUT2D eigenvalue weighted by Gasteiger charge is 2.41. The molecule has 0 saturated carbocycles. The van der Waals surface area contributed by atoms with Crippen molar-refractivity contribution in [1.82, 2.24) is 18.8 Å². The highest BCUT2D eigenvalue weighted by atomic mass is 32.2. The number of likely N-dealkylation sites (tertiary alicyclic amines) is 1. The maximum atomic E-state index is 13.8. The lowest BCUT2D eigenvalue weighted by Crippen LogP contribution is -2.38. The number of piperidine rings is 1. The molecule has 2 aliphatic rings. The largest absolute Gasteiger partial charge is 0.436 e. The van der Waals surface area contributed by atoms with Crippen LogP contribution in [0.4, 0.5) is 13.2 Å². The molecule has 2 aliphatic heterocycles. The minimum atomic E-state index is -4.75. The van der Waals surface area contributed by atoms with E-state index < -0.39 is 33.4 Å². The van der Waals surface area contributed by atoms with Crippen molar-refractivity contribution in [2.24, 2.45) is 0 Å². The van der Waals surface area contributed by atoms with E-state index in [1.165, 1.54) is 15.4 Å². The molecule has 1 amide bonds. The van der Waals surface area contributed by atoms with Crippen LogP contribution in [0.2, 0.25) is 0 Å². The number of rotatable bonds is 5. The Bertz CT molecular complexity index is 1360. The lowest BCUT2D eigenvalue weighted by atomic mass is 9.90. The Kier molecular flexibility index (Phi) is 6.54. The predicted octanol–water partition coefficient (Wildman–Crippen LogP) is 4.30. The summed E-state index contributed by atoms with van der Waals surface area (Å²) in [6, 6.07) is 12.3. The summed E-state index contributed by atoms with van der Waals surface area (Å²) in [5.74, 6) is -0.742. The van der Waals surface area contributed by atoms with Gasteiger partial charge in [0.15, 0.2) is 5.69 Å². The number of carbonyl (C=O) groups excluding carboxylic acids is 1. The molecule has 36 heavy (non-hydrogen) atoms. The quantitative estimate of drug-likeness (QED) is 0.503. The zero-order valence-electron chi connectivity index (χ0n) is 19.6. The number of nitrogens with zero attached hydrogens (tertiary/aromatic N) is 4. The van der Waals surface area contributed by atoms with Crippen LogP contribution in [0.5, 0.6) is 0 Å². The number of pyridine rings is 1. The van der Waals surface area contributed by atoms with Crippen LogP contribution < -0.4 is 0 Å². The van der Waals surface area contributed by atoms with Crippen LogP contribution in [0.3, 0.4) is 0 Å². The van der Waals surface area contributed by atoms with E-state index in [-0.39, 0.29) is 17.2 Å². The number of fused-ring (bicyclic) bond motifs is 1. The number of amides is 1. The van der Waals surface area contributed by atoms with E-state index in [9.17, 15) is 26.4 Å². The highest BCUT2D eigenvalue weighted by molar-refractivity contribution is 7.88. The van der Waals surface area contributed by atoms with Gasteiger partial charge in [-0.3, -0.25) is 4.79 Å². The Labute approximate surface area is 207 Å². The van der Waals surface area contributed by atoms with Gasteiger partial charge in [0.1, 0.15) is 0 Å². The van der Waals surface area contributed by atoms with Gasteiger partial charge in [0.05, 0.1) is 16.8 Å². The van der Waals surface area contributed by atoms with Crippen LogP contribution in [-0.2, 0) is 22.0 Å². The summed E-state index contributed by atoms with van der Waals surface area (Å²) in [6.07, 6.45) is -0.680. The number of carbonyl (C=O) groups is 1. The minimum absolute atomic E-state index is 0.0304. The van der Waals surface area contributed by atoms with Crippen molar-refractivity contribution in [3.05, 3.63) is 71.0 Å². The second-order valence-electron chi connectivity index (χ2n) is 9.43. The van der Waals surface area contributed by atoms with E-state index >= 15 is 0 Å². The van der Waals surface area contributed by atoms with E-state index in [4.69, 9.17) is 0 Å². The molecule has 2 saturated heterocycles. The van der Waals surface area contributed by atoms with E-state index in [1.807, 2.05) is 6.07 Å². The van der Waals surface area contributed by atoms with Crippen molar-refractivity contribution in [3.8, 4) is 0 Å². The van der Waals surface area contributed by atoms with Crippen LogP contribution in [0.15, 0.2) is 48.7 Å². The summed E-state index contributed by atoms with van der Waals surface area (Å²) in [5.41, 5.74) is 0.0662. The molecule has 5 rings (SSSR count). The van der Waals surface area contributed by atoms with Crippen molar-refractivity contribution in [2.45, 2.75) is 43.5 Å². The Morgan fingerprint density at radius 1 is 1.00 bits per heavy atom. The molecule has 192 valence electrons. The molecule has 2 fully saturated rings. The van der Waals surface area contributed by atoms with Gasteiger partial charge in [0, 0.05) is 32.4 Å². The molecule has 0 atom stereocenters. The summed E-state index contributed by atoms with van der Waals surface area (Å²) in [7, 11) is -3.47. The van der Waals surface area contributed by atoms with Crippen molar-refractivity contribution in [2.75, 3.05) is 26.2 Å². The SMILES string of the molecule is O=C(c1c(C(F)(F)F)nn2ccc(C3CCN(S(=O)(=O)Cc4ccccc4)CC3)cc12)N1CCCC1. The maximum Gasteiger partial charge on any atom is 0.436 e. The fourth-order valence-electron chi connectivity index (χ4n) is 5.15. The smallest absolute Gasteiger partial charge is 0.339 e. The molecule has 0 spiro atoms. The van der Waals surface area contributed by atoms with Crippen LogP contribution in [-0.4, -0.2) is 59.3 Å². The third-order valence-electron chi connectivity index (χ3n) is 7.05. The first-order valence-electron chi connectivity index (χ1n) is 12.0. The fourth-order valence-corrected chi connectivity index (χ4v) is 6.71. The van der Waals surface area contributed by atoms with E-state index in [0.29, 0.717) is 39.0 Å². The molecule has 11 heteroatoms. The molecule has 2 aromatic heterocycles. The fraction of sp³-hybridized carbons (Fsp3) is 0.440. The predicted molar refractivity (Wildman–Crippen MR) is 128 cm³/mol. The average Bonchev–Trinajstić information content (AvgIpc) is 3.52. The van der Waals surface area contributed by atoms with Gasteiger partial charge in [-0.05, 0) is 54.9 Å². The lowest BCUT2D eigenvalue weighted by Gasteiger charge is -2.31. The Morgan fingerprint density at radius 3 is 2.31 bits per heavy atom. The number of sulfonamides is 1. The number of alkyl halides is 3. The van der Waals surface area contributed by atoms with Crippen molar-refractivity contribution in [3.63, 3.8) is 0 Å². The summed E-state index contributed by atoms with van der Waals surface area (Å²) in [6.45, 7) is 1.53. The molecule has 0 aliphatic carbocycles. The van der Waals surface area contributed by atoms with E-state index in [2.05, 4.69) is 5.10 Å². The van der Waals surface area contributed by atoms with Crippen LogP contribution in [0.1, 0.15) is 58.8 Å². The molecule has 1 aromatic carbocycles. The number of halogens is 3. The third kappa shape index (κ3) is 4.86. The summed E-state index contributed by atoms with van der Waals surface area (Å²) < 4.78 is 69.7. The molecular weight excluding hydrogens is 493 g/mol. The highest BCUT2D eigenvalue weighted by Crippen LogP contribution is 2.36. The first-order chi connectivity index (χ1) is 17.1. The summed E-state index contributed by atoms with van der Waals surface area (Å²) >= 11 is 0. The molecule has 0 unspecified atom stereocenters. The number of aromatic nitrogens is 2. The molecule has 3 aromatic rings. The molecule has 7 nitrogen and oxygen atoms in total.